The first-order valence-corrected chi connectivity index (χ1v) is 8.61. The molecule has 0 aliphatic heterocycles. The van der Waals surface area contributed by atoms with Crippen LogP contribution in [0.3, 0.4) is 0 Å². The Kier molecular flexibility index (Phi) is 4.96. The molecule has 0 heterocycles. The summed E-state index contributed by atoms with van der Waals surface area (Å²) in [6.07, 6.45) is 4.65. The van der Waals surface area contributed by atoms with Crippen LogP contribution in [-0.2, 0) is 21.3 Å². The van der Waals surface area contributed by atoms with E-state index >= 15 is 0 Å². The lowest BCUT2D eigenvalue weighted by atomic mass is 9.96. The van der Waals surface area contributed by atoms with Crippen molar-refractivity contribution in [2.24, 2.45) is 0 Å². The molecular formula is C14H21NO3S. The van der Waals surface area contributed by atoms with Crippen molar-refractivity contribution < 1.29 is 13.3 Å². The van der Waals surface area contributed by atoms with Gasteiger partial charge in [-0.3, -0.25) is 4.84 Å². The summed E-state index contributed by atoms with van der Waals surface area (Å²) in [5.41, 5.74) is 4.11. The highest BCUT2D eigenvalue weighted by molar-refractivity contribution is 7.91. The van der Waals surface area contributed by atoms with Crippen LogP contribution in [0.5, 0.6) is 0 Å². The Labute approximate surface area is 115 Å². The predicted octanol–water partition coefficient (Wildman–Crippen LogP) is 2.06. The van der Waals surface area contributed by atoms with Crippen LogP contribution in [0.25, 0.3) is 0 Å². The summed E-state index contributed by atoms with van der Waals surface area (Å²) < 4.78 is 23.1. The van der Waals surface area contributed by atoms with Crippen molar-refractivity contribution >= 4 is 9.84 Å². The van der Waals surface area contributed by atoms with Gasteiger partial charge in [-0.2, -0.15) is 5.48 Å². The van der Waals surface area contributed by atoms with Crippen molar-refractivity contribution in [1.29, 1.82) is 0 Å². The molecule has 1 fully saturated rings. The van der Waals surface area contributed by atoms with E-state index in [9.17, 15) is 8.42 Å². The second-order valence-corrected chi connectivity index (χ2v) is 7.53. The number of rotatable bonds is 5. The zero-order chi connectivity index (χ0) is 13.7. The Bertz CT molecular complexity index is 487. The van der Waals surface area contributed by atoms with Gasteiger partial charge in [-0.15, -0.1) is 0 Å². The Hall–Kier alpha value is -0.910. The summed E-state index contributed by atoms with van der Waals surface area (Å²) in [5, 5.41) is -0.223. The van der Waals surface area contributed by atoms with Crippen molar-refractivity contribution in [2.75, 3.05) is 6.26 Å². The van der Waals surface area contributed by atoms with Crippen molar-refractivity contribution in [3.05, 3.63) is 35.9 Å². The molecule has 0 saturated heterocycles. The molecular weight excluding hydrogens is 262 g/mol. The Morgan fingerprint density at radius 3 is 2.68 bits per heavy atom. The van der Waals surface area contributed by atoms with Gasteiger partial charge < -0.3 is 0 Å². The largest absolute Gasteiger partial charge is 0.297 e. The van der Waals surface area contributed by atoms with Crippen LogP contribution in [0.2, 0.25) is 0 Å². The van der Waals surface area contributed by atoms with E-state index in [-0.39, 0.29) is 11.3 Å². The minimum Gasteiger partial charge on any atom is -0.297 e. The van der Waals surface area contributed by atoms with Gasteiger partial charge in [-0.1, -0.05) is 36.8 Å². The molecule has 2 rings (SSSR count). The lowest BCUT2D eigenvalue weighted by molar-refractivity contribution is -0.00422. The third kappa shape index (κ3) is 4.60. The average molecular weight is 283 g/mol. The molecule has 1 aromatic carbocycles. The average Bonchev–Trinajstić information content (AvgIpc) is 2.39. The van der Waals surface area contributed by atoms with Crippen molar-refractivity contribution in [1.82, 2.24) is 5.48 Å². The molecule has 2 unspecified atom stereocenters. The van der Waals surface area contributed by atoms with E-state index in [1.54, 1.807) is 0 Å². The van der Waals surface area contributed by atoms with Crippen molar-refractivity contribution in [3.8, 4) is 0 Å². The number of hydrogen-bond acceptors (Lipinski definition) is 4. The van der Waals surface area contributed by atoms with Crippen LogP contribution in [0.1, 0.15) is 31.2 Å². The normalized spacial score (nSPS) is 24.3. The summed E-state index contributed by atoms with van der Waals surface area (Å²) in [5.74, 6) is 0. The fraction of sp³-hybridized carbons (Fsp3) is 0.571. The molecule has 5 heteroatoms. The van der Waals surface area contributed by atoms with Crippen molar-refractivity contribution in [3.63, 3.8) is 0 Å². The Morgan fingerprint density at radius 2 is 2.00 bits per heavy atom. The third-order valence-corrected chi connectivity index (χ3v) is 5.20. The van der Waals surface area contributed by atoms with Crippen molar-refractivity contribution in [2.45, 2.75) is 43.6 Å². The Balaban J connectivity index is 1.77. The maximum absolute atomic E-state index is 11.6. The summed E-state index contributed by atoms with van der Waals surface area (Å²) in [4.78, 5) is 5.48. The van der Waals surface area contributed by atoms with Gasteiger partial charge in [0.1, 0.15) is 9.84 Å². The fourth-order valence-corrected chi connectivity index (χ4v) is 3.63. The SMILES string of the molecule is CS(=O)(=O)C1CCCC(NOCc2ccccc2)C1. The molecule has 0 radical (unpaired) electrons. The number of sulfone groups is 1. The number of nitrogens with one attached hydrogen (secondary N) is 1. The summed E-state index contributed by atoms with van der Waals surface area (Å²) in [6, 6.07) is 10.0. The topological polar surface area (TPSA) is 55.4 Å². The van der Waals surface area contributed by atoms with Gasteiger partial charge in [0.15, 0.2) is 0 Å². The third-order valence-electron chi connectivity index (χ3n) is 3.56. The molecule has 1 N–H and O–H groups in total. The highest BCUT2D eigenvalue weighted by Gasteiger charge is 2.28. The first kappa shape index (κ1) is 14.5. The van der Waals surface area contributed by atoms with Crippen LogP contribution in [-0.4, -0.2) is 26.0 Å². The van der Waals surface area contributed by atoms with Gasteiger partial charge in [0.25, 0.3) is 0 Å². The van der Waals surface area contributed by atoms with Crippen LogP contribution >= 0.6 is 0 Å². The standard InChI is InChI=1S/C14H21NO3S/c1-19(16,17)14-9-5-8-13(10-14)15-18-11-12-6-3-2-4-7-12/h2-4,6-7,13-15H,5,8-11H2,1H3. The van der Waals surface area contributed by atoms with E-state index < -0.39 is 9.84 Å². The lowest BCUT2D eigenvalue weighted by Gasteiger charge is -2.28. The molecule has 1 aromatic rings. The molecule has 0 aromatic heterocycles. The first-order chi connectivity index (χ1) is 9.05. The minimum atomic E-state index is -2.93. The second kappa shape index (κ2) is 6.50. The summed E-state index contributed by atoms with van der Waals surface area (Å²) in [7, 11) is -2.93. The van der Waals surface area contributed by atoms with Crippen LogP contribution in [0.4, 0.5) is 0 Å². The molecule has 106 valence electrons. The van der Waals surface area contributed by atoms with Crippen LogP contribution in [0.15, 0.2) is 30.3 Å². The minimum absolute atomic E-state index is 0.136. The van der Waals surface area contributed by atoms with Gasteiger partial charge in [-0.25, -0.2) is 8.42 Å². The van der Waals surface area contributed by atoms with Gasteiger partial charge in [0.05, 0.1) is 11.9 Å². The molecule has 4 nitrogen and oxygen atoms in total. The van der Waals surface area contributed by atoms with Gasteiger partial charge in [0, 0.05) is 12.3 Å². The predicted molar refractivity (Wildman–Crippen MR) is 75.3 cm³/mol. The maximum Gasteiger partial charge on any atom is 0.150 e. The molecule has 0 spiro atoms. The molecule has 2 atom stereocenters. The summed E-state index contributed by atoms with van der Waals surface area (Å²) >= 11 is 0. The van der Waals surface area contributed by atoms with Gasteiger partial charge >= 0.3 is 0 Å². The highest BCUT2D eigenvalue weighted by Crippen LogP contribution is 2.23. The molecule has 0 bridgehead atoms. The zero-order valence-corrected chi connectivity index (χ0v) is 12.0. The molecule has 1 aliphatic carbocycles. The highest BCUT2D eigenvalue weighted by atomic mass is 32.2. The molecule has 0 amide bonds. The number of hydroxylamine groups is 1. The molecule has 1 aliphatic rings. The van der Waals surface area contributed by atoms with E-state index in [1.807, 2.05) is 30.3 Å². The number of benzene rings is 1. The quantitative estimate of drug-likeness (QED) is 0.840. The van der Waals surface area contributed by atoms with Crippen LogP contribution in [0, 0.1) is 0 Å². The van der Waals surface area contributed by atoms with Gasteiger partial charge in [0.2, 0.25) is 0 Å². The first-order valence-electron chi connectivity index (χ1n) is 6.66. The lowest BCUT2D eigenvalue weighted by Crippen LogP contribution is -2.38. The molecule has 19 heavy (non-hydrogen) atoms. The van der Waals surface area contributed by atoms with E-state index in [1.165, 1.54) is 6.26 Å². The fourth-order valence-electron chi connectivity index (χ4n) is 2.46. The smallest absolute Gasteiger partial charge is 0.150 e. The monoisotopic (exact) mass is 283 g/mol. The van der Waals surface area contributed by atoms with Gasteiger partial charge in [-0.05, 0) is 24.8 Å². The second-order valence-electron chi connectivity index (χ2n) is 5.21. The summed E-state index contributed by atoms with van der Waals surface area (Å²) in [6.45, 7) is 0.501. The van der Waals surface area contributed by atoms with E-state index in [0.717, 1.165) is 24.8 Å². The zero-order valence-electron chi connectivity index (χ0n) is 11.2. The van der Waals surface area contributed by atoms with Crippen LogP contribution < -0.4 is 5.48 Å². The van der Waals surface area contributed by atoms with E-state index in [0.29, 0.717) is 13.0 Å². The molecule has 1 saturated carbocycles. The Morgan fingerprint density at radius 1 is 1.26 bits per heavy atom. The van der Waals surface area contributed by atoms with E-state index in [4.69, 9.17) is 4.84 Å². The number of hydrogen-bond donors (Lipinski definition) is 1. The maximum atomic E-state index is 11.6. The van der Waals surface area contributed by atoms with E-state index in [2.05, 4.69) is 5.48 Å².